The summed E-state index contributed by atoms with van der Waals surface area (Å²) in [5, 5.41) is 6.87. The topological polar surface area (TPSA) is 45.6 Å². The number of guanidine groups is 1. The van der Waals surface area contributed by atoms with Gasteiger partial charge in [0.05, 0.1) is 0 Å². The van der Waals surface area contributed by atoms with E-state index < -0.39 is 0 Å². The molecule has 2 N–H and O–H groups in total. The molecule has 1 aliphatic rings. The second kappa shape index (κ2) is 10.8. The van der Waals surface area contributed by atoms with Crippen molar-refractivity contribution in [3.8, 4) is 0 Å². The third-order valence-electron chi connectivity index (χ3n) is 3.78. The Kier molecular flexibility index (Phi) is 9.47. The highest BCUT2D eigenvalue weighted by Gasteiger charge is 2.38. The van der Waals surface area contributed by atoms with Gasteiger partial charge in [0.15, 0.2) is 5.96 Å². The minimum absolute atomic E-state index is 0. The monoisotopic (exact) mass is 417 g/mol. The summed E-state index contributed by atoms with van der Waals surface area (Å²) in [4.78, 5) is 4.29. The average Bonchev–Trinajstić information content (AvgIpc) is 3.29. The van der Waals surface area contributed by atoms with Crippen molar-refractivity contribution in [2.45, 2.75) is 38.1 Å². The molecule has 1 fully saturated rings. The van der Waals surface area contributed by atoms with Crippen LogP contribution in [0.4, 0.5) is 0 Å². The molecule has 0 saturated heterocycles. The summed E-state index contributed by atoms with van der Waals surface area (Å²) in [6, 6.07) is 11.2. The largest absolute Gasteiger partial charge is 0.382 e. The second-order valence-corrected chi connectivity index (χ2v) is 5.41. The van der Waals surface area contributed by atoms with Crippen LogP contribution in [-0.2, 0) is 4.74 Å². The van der Waals surface area contributed by atoms with E-state index in [0.717, 1.165) is 38.6 Å². The molecular weight excluding hydrogens is 389 g/mol. The zero-order valence-corrected chi connectivity index (χ0v) is 15.9. The fourth-order valence-electron chi connectivity index (χ4n) is 2.47. The maximum Gasteiger partial charge on any atom is 0.191 e. The summed E-state index contributed by atoms with van der Waals surface area (Å²) in [5.74, 6) is 1.54. The van der Waals surface area contributed by atoms with Gasteiger partial charge in [-0.15, -0.1) is 24.0 Å². The van der Waals surface area contributed by atoms with Crippen molar-refractivity contribution in [3.63, 3.8) is 0 Å². The van der Waals surface area contributed by atoms with E-state index >= 15 is 0 Å². The van der Waals surface area contributed by atoms with Gasteiger partial charge in [-0.25, -0.2) is 0 Å². The first-order valence-electron chi connectivity index (χ1n) is 7.95. The molecule has 1 aromatic rings. The number of hydrogen-bond donors (Lipinski definition) is 2. The quantitative estimate of drug-likeness (QED) is 0.296. The van der Waals surface area contributed by atoms with Gasteiger partial charge in [-0.2, -0.15) is 0 Å². The van der Waals surface area contributed by atoms with Crippen LogP contribution in [0.2, 0.25) is 0 Å². The lowest BCUT2D eigenvalue weighted by Crippen LogP contribution is -2.39. The molecule has 1 saturated carbocycles. The Morgan fingerprint density at radius 1 is 1.27 bits per heavy atom. The number of nitrogens with zero attached hydrogens (tertiary/aromatic N) is 1. The van der Waals surface area contributed by atoms with Crippen LogP contribution in [0.1, 0.15) is 37.7 Å². The third-order valence-corrected chi connectivity index (χ3v) is 3.78. The molecule has 124 valence electrons. The van der Waals surface area contributed by atoms with Gasteiger partial charge in [0.1, 0.15) is 0 Å². The van der Waals surface area contributed by atoms with Crippen LogP contribution in [0.3, 0.4) is 0 Å². The number of benzene rings is 1. The lowest BCUT2D eigenvalue weighted by molar-refractivity contribution is 0.143. The van der Waals surface area contributed by atoms with Crippen LogP contribution in [0.25, 0.3) is 0 Å². The molecule has 0 bridgehead atoms. The molecule has 0 aliphatic heterocycles. The van der Waals surface area contributed by atoms with Gasteiger partial charge in [0.25, 0.3) is 0 Å². The van der Waals surface area contributed by atoms with Crippen molar-refractivity contribution < 1.29 is 4.74 Å². The van der Waals surface area contributed by atoms with Gasteiger partial charge < -0.3 is 15.4 Å². The minimum Gasteiger partial charge on any atom is -0.382 e. The Balaban J connectivity index is 0.00000242. The van der Waals surface area contributed by atoms with Crippen LogP contribution in [-0.4, -0.2) is 38.8 Å². The van der Waals surface area contributed by atoms with Gasteiger partial charge in [-0.3, -0.25) is 4.99 Å². The lowest BCUT2D eigenvalue weighted by Gasteiger charge is -2.11. The van der Waals surface area contributed by atoms with Gasteiger partial charge in [0, 0.05) is 38.8 Å². The van der Waals surface area contributed by atoms with Crippen LogP contribution >= 0.6 is 24.0 Å². The molecule has 0 aromatic heterocycles. The van der Waals surface area contributed by atoms with Gasteiger partial charge in [-0.05, 0) is 31.7 Å². The Bertz CT molecular complexity index is 439. The Morgan fingerprint density at radius 3 is 2.73 bits per heavy atom. The minimum atomic E-state index is 0. The molecule has 2 unspecified atom stereocenters. The van der Waals surface area contributed by atoms with E-state index in [-0.39, 0.29) is 24.0 Å². The van der Waals surface area contributed by atoms with E-state index in [1.165, 1.54) is 12.0 Å². The lowest BCUT2D eigenvalue weighted by atomic mass is 10.1. The Morgan fingerprint density at radius 2 is 2.05 bits per heavy atom. The zero-order valence-electron chi connectivity index (χ0n) is 13.5. The molecule has 0 radical (unpaired) electrons. The van der Waals surface area contributed by atoms with Crippen LogP contribution in [0, 0.1) is 0 Å². The van der Waals surface area contributed by atoms with Crippen LogP contribution < -0.4 is 10.6 Å². The van der Waals surface area contributed by atoms with E-state index in [1.807, 2.05) is 14.0 Å². The van der Waals surface area contributed by atoms with Gasteiger partial charge >= 0.3 is 0 Å². The normalized spacial score (nSPS) is 20.2. The molecular formula is C17H28IN3O. The molecule has 0 spiro atoms. The Hall–Kier alpha value is -0.820. The first-order chi connectivity index (χ1) is 10.3. The highest BCUT2D eigenvalue weighted by atomic mass is 127. The predicted octanol–water partition coefficient (Wildman–Crippen LogP) is 3.14. The second-order valence-electron chi connectivity index (χ2n) is 5.41. The Labute approximate surface area is 151 Å². The molecule has 0 amide bonds. The van der Waals surface area contributed by atoms with Crippen molar-refractivity contribution in [1.82, 2.24) is 10.6 Å². The van der Waals surface area contributed by atoms with Gasteiger partial charge in [0.2, 0.25) is 0 Å². The summed E-state index contributed by atoms with van der Waals surface area (Å²) in [6.07, 6.45) is 3.39. The van der Waals surface area contributed by atoms with Crippen molar-refractivity contribution in [2.24, 2.45) is 4.99 Å². The fourth-order valence-corrected chi connectivity index (χ4v) is 2.47. The highest BCUT2D eigenvalue weighted by Crippen LogP contribution is 2.40. The third kappa shape index (κ3) is 6.52. The van der Waals surface area contributed by atoms with E-state index in [2.05, 4.69) is 46.0 Å². The summed E-state index contributed by atoms with van der Waals surface area (Å²) < 4.78 is 5.33. The van der Waals surface area contributed by atoms with E-state index in [9.17, 15) is 0 Å². The number of nitrogens with one attached hydrogen (secondary N) is 2. The molecule has 5 heteroatoms. The SMILES string of the molecule is CCOCCCCNC(=NC)NC1CC1c1ccccc1.I. The van der Waals surface area contributed by atoms with Crippen LogP contribution in [0.5, 0.6) is 0 Å². The van der Waals surface area contributed by atoms with E-state index in [4.69, 9.17) is 4.74 Å². The van der Waals surface area contributed by atoms with Crippen molar-refractivity contribution in [2.75, 3.05) is 26.8 Å². The number of halogens is 1. The molecule has 1 aromatic carbocycles. The summed E-state index contributed by atoms with van der Waals surface area (Å²) in [7, 11) is 1.83. The smallest absolute Gasteiger partial charge is 0.191 e. The summed E-state index contributed by atoms with van der Waals surface area (Å²) in [6.45, 7) is 4.63. The summed E-state index contributed by atoms with van der Waals surface area (Å²) >= 11 is 0. The molecule has 0 heterocycles. The predicted molar refractivity (Wildman–Crippen MR) is 103 cm³/mol. The molecule has 4 nitrogen and oxygen atoms in total. The number of hydrogen-bond acceptors (Lipinski definition) is 2. The molecule has 22 heavy (non-hydrogen) atoms. The molecule has 2 atom stereocenters. The number of rotatable bonds is 8. The van der Waals surface area contributed by atoms with E-state index in [1.54, 1.807) is 0 Å². The standard InChI is InChI=1S/C17H27N3O.HI/c1-3-21-12-8-7-11-19-17(18-2)20-16-13-15(16)14-9-5-4-6-10-14;/h4-6,9-10,15-16H,3,7-8,11-13H2,1-2H3,(H2,18,19,20);1H. The van der Waals surface area contributed by atoms with Crippen molar-refractivity contribution >= 4 is 29.9 Å². The number of ether oxygens (including phenoxy) is 1. The maximum absolute atomic E-state index is 5.33. The number of unbranched alkanes of at least 4 members (excludes halogenated alkanes) is 1. The maximum atomic E-state index is 5.33. The highest BCUT2D eigenvalue weighted by molar-refractivity contribution is 14.0. The number of aliphatic imine (C=N–C) groups is 1. The fraction of sp³-hybridized carbons (Fsp3) is 0.588. The zero-order chi connectivity index (χ0) is 14.9. The van der Waals surface area contributed by atoms with Crippen molar-refractivity contribution in [3.05, 3.63) is 35.9 Å². The summed E-state index contributed by atoms with van der Waals surface area (Å²) in [5.41, 5.74) is 1.42. The average molecular weight is 417 g/mol. The molecule has 2 rings (SSSR count). The van der Waals surface area contributed by atoms with E-state index in [0.29, 0.717) is 12.0 Å². The van der Waals surface area contributed by atoms with Crippen LogP contribution in [0.15, 0.2) is 35.3 Å². The molecule has 1 aliphatic carbocycles. The van der Waals surface area contributed by atoms with Gasteiger partial charge in [-0.1, -0.05) is 30.3 Å². The first kappa shape index (κ1) is 19.2. The van der Waals surface area contributed by atoms with Crippen molar-refractivity contribution in [1.29, 1.82) is 0 Å². The first-order valence-corrected chi connectivity index (χ1v) is 7.95.